The van der Waals surface area contributed by atoms with Gasteiger partial charge in [0.2, 0.25) is 5.91 Å². The van der Waals surface area contributed by atoms with Crippen molar-refractivity contribution < 1.29 is 18.4 Å². The van der Waals surface area contributed by atoms with Crippen molar-refractivity contribution >= 4 is 17.5 Å². The van der Waals surface area contributed by atoms with Crippen molar-refractivity contribution in [2.75, 3.05) is 12.4 Å². The second-order valence-electron chi connectivity index (χ2n) is 6.24. The first-order valence-corrected chi connectivity index (χ1v) is 8.04. The van der Waals surface area contributed by atoms with Crippen LogP contribution in [-0.2, 0) is 11.3 Å². The molecule has 1 aliphatic rings. The molecule has 1 aliphatic carbocycles. The molecular weight excluding hydrogens is 326 g/mol. The lowest BCUT2D eigenvalue weighted by molar-refractivity contribution is -0.117. The Morgan fingerprint density at radius 1 is 1.12 bits per heavy atom. The molecule has 0 aromatic heterocycles. The molecule has 6 heteroatoms. The maximum Gasteiger partial charge on any atom is 0.253 e. The van der Waals surface area contributed by atoms with E-state index in [2.05, 4.69) is 5.32 Å². The zero-order valence-corrected chi connectivity index (χ0v) is 13.8. The van der Waals surface area contributed by atoms with Crippen molar-refractivity contribution in [3.05, 3.63) is 65.2 Å². The molecule has 1 fully saturated rings. The van der Waals surface area contributed by atoms with Gasteiger partial charge in [-0.1, -0.05) is 6.07 Å². The van der Waals surface area contributed by atoms with Gasteiger partial charge in [-0.15, -0.1) is 0 Å². The second kappa shape index (κ2) is 7.01. The number of hydrogen-bond donors (Lipinski definition) is 1. The van der Waals surface area contributed by atoms with Crippen LogP contribution in [0.2, 0.25) is 0 Å². The summed E-state index contributed by atoms with van der Waals surface area (Å²) in [4.78, 5) is 25.5. The standard InChI is InChI=1S/C19H18F2N2O2/c1-23(11-14-4-7-15(20)10-17(14)21)19(25)13-5-8-16(9-6-13)22-18(24)12-2-3-12/h4-10,12H,2-3,11H2,1H3,(H,22,24). The highest BCUT2D eigenvalue weighted by atomic mass is 19.1. The van der Waals surface area contributed by atoms with Gasteiger partial charge in [0.15, 0.2) is 0 Å². The summed E-state index contributed by atoms with van der Waals surface area (Å²) in [7, 11) is 1.55. The van der Waals surface area contributed by atoms with E-state index in [1.54, 1.807) is 31.3 Å². The van der Waals surface area contributed by atoms with Gasteiger partial charge in [-0.2, -0.15) is 0 Å². The molecule has 25 heavy (non-hydrogen) atoms. The van der Waals surface area contributed by atoms with Gasteiger partial charge in [0.05, 0.1) is 0 Å². The van der Waals surface area contributed by atoms with E-state index in [1.165, 1.54) is 11.0 Å². The summed E-state index contributed by atoms with van der Waals surface area (Å²) in [5.41, 5.74) is 1.31. The van der Waals surface area contributed by atoms with Gasteiger partial charge in [0, 0.05) is 42.4 Å². The van der Waals surface area contributed by atoms with Crippen LogP contribution in [0.1, 0.15) is 28.8 Å². The smallest absolute Gasteiger partial charge is 0.253 e. The summed E-state index contributed by atoms with van der Waals surface area (Å²) >= 11 is 0. The predicted octanol–water partition coefficient (Wildman–Crippen LogP) is 3.59. The number of nitrogens with zero attached hydrogens (tertiary/aromatic N) is 1. The molecule has 0 heterocycles. The number of carbonyl (C=O) groups is 2. The van der Waals surface area contributed by atoms with Gasteiger partial charge in [0.25, 0.3) is 5.91 Å². The first kappa shape index (κ1) is 17.1. The van der Waals surface area contributed by atoms with Crippen LogP contribution in [0.3, 0.4) is 0 Å². The van der Waals surface area contributed by atoms with Gasteiger partial charge in [-0.3, -0.25) is 9.59 Å². The Morgan fingerprint density at radius 2 is 1.80 bits per heavy atom. The summed E-state index contributed by atoms with van der Waals surface area (Å²) < 4.78 is 26.6. The van der Waals surface area contributed by atoms with Crippen molar-refractivity contribution in [1.29, 1.82) is 0 Å². The molecule has 0 aliphatic heterocycles. The summed E-state index contributed by atoms with van der Waals surface area (Å²) in [6, 6.07) is 9.84. The van der Waals surface area contributed by atoms with E-state index in [0.29, 0.717) is 11.3 Å². The van der Waals surface area contributed by atoms with Gasteiger partial charge in [-0.05, 0) is 43.2 Å². The molecule has 0 saturated heterocycles. The average Bonchev–Trinajstić information content (AvgIpc) is 3.42. The van der Waals surface area contributed by atoms with Gasteiger partial charge < -0.3 is 10.2 Å². The lowest BCUT2D eigenvalue weighted by Crippen LogP contribution is -2.26. The monoisotopic (exact) mass is 344 g/mol. The van der Waals surface area contributed by atoms with Crippen molar-refractivity contribution in [2.24, 2.45) is 5.92 Å². The number of nitrogens with one attached hydrogen (secondary N) is 1. The van der Waals surface area contributed by atoms with E-state index in [9.17, 15) is 18.4 Å². The van der Waals surface area contributed by atoms with Crippen LogP contribution < -0.4 is 5.32 Å². The van der Waals surface area contributed by atoms with Crippen LogP contribution in [0.15, 0.2) is 42.5 Å². The highest BCUT2D eigenvalue weighted by Gasteiger charge is 2.29. The van der Waals surface area contributed by atoms with Crippen LogP contribution in [0.25, 0.3) is 0 Å². The molecule has 0 spiro atoms. The Hall–Kier alpha value is -2.76. The van der Waals surface area contributed by atoms with E-state index in [1.807, 2.05) is 0 Å². The van der Waals surface area contributed by atoms with Gasteiger partial charge in [-0.25, -0.2) is 8.78 Å². The molecule has 0 atom stereocenters. The molecule has 0 bridgehead atoms. The lowest BCUT2D eigenvalue weighted by Gasteiger charge is -2.18. The Balaban J connectivity index is 1.64. The SMILES string of the molecule is CN(Cc1ccc(F)cc1F)C(=O)c1ccc(NC(=O)C2CC2)cc1. The van der Waals surface area contributed by atoms with Gasteiger partial charge >= 0.3 is 0 Å². The maximum atomic E-state index is 13.7. The summed E-state index contributed by atoms with van der Waals surface area (Å²) in [6.45, 7) is 0.0329. The minimum atomic E-state index is -0.683. The summed E-state index contributed by atoms with van der Waals surface area (Å²) in [5, 5.41) is 2.80. The number of amides is 2. The zero-order chi connectivity index (χ0) is 18.0. The van der Waals surface area contributed by atoms with Crippen molar-refractivity contribution in [3.8, 4) is 0 Å². The number of halogens is 2. The fraction of sp³-hybridized carbons (Fsp3) is 0.263. The number of benzene rings is 2. The third-order valence-electron chi connectivity index (χ3n) is 4.12. The minimum Gasteiger partial charge on any atom is -0.337 e. The molecule has 130 valence electrons. The zero-order valence-electron chi connectivity index (χ0n) is 13.8. The number of anilines is 1. The topological polar surface area (TPSA) is 49.4 Å². The average molecular weight is 344 g/mol. The Bertz CT molecular complexity index is 802. The summed E-state index contributed by atoms with van der Waals surface area (Å²) in [5.74, 6) is -1.51. The van der Waals surface area contributed by atoms with Crippen molar-refractivity contribution in [1.82, 2.24) is 4.90 Å². The highest BCUT2D eigenvalue weighted by Crippen LogP contribution is 2.30. The Morgan fingerprint density at radius 3 is 2.40 bits per heavy atom. The number of hydrogen-bond acceptors (Lipinski definition) is 2. The molecule has 4 nitrogen and oxygen atoms in total. The van der Waals surface area contributed by atoms with E-state index in [4.69, 9.17) is 0 Å². The first-order chi connectivity index (χ1) is 11.9. The predicted molar refractivity (Wildman–Crippen MR) is 90.0 cm³/mol. The van der Waals surface area contributed by atoms with E-state index < -0.39 is 11.6 Å². The lowest BCUT2D eigenvalue weighted by atomic mass is 10.1. The van der Waals surface area contributed by atoms with Crippen molar-refractivity contribution in [2.45, 2.75) is 19.4 Å². The Kier molecular flexibility index (Phi) is 4.79. The van der Waals surface area contributed by atoms with Crippen LogP contribution >= 0.6 is 0 Å². The normalized spacial score (nSPS) is 13.4. The largest absolute Gasteiger partial charge is 0.337 e. The van der Waals surface area contributed by atoms with Crippen LogP contribution in [-0.4, -0.2) is 23.8 Å². The molecule has 2 amide bonds. The number of rotatable bonds is 5. The van der Waals surface area contributed by atoms with Crippen LogP contribution in [0.4, 0.5) is 14.5 Å². The molecule has 1 saturated carbocycles. The molecule has 3 rings (SSSR count). The Labute approximate surface area is 144 Å². The maximum absolute atomic E-state index is 13.7. The molecular formula is C19H18F2N2O2. The quantitative estimate of drug-likeness (QED) is 0.901. The highest BCUT2D eigenvalue weighted by molar-refractivity contribution is 5.96. The van der Waals surface area contributed by atoms with E-state index in [-0.39, 0.29) is 29.8 Å². The fourth-order valence-corrected chi connectivity index (χ4v) is 2.48. The second-order valence-corrected chi connectivity index (χ2v) is 6.24. The molecule has 2 aromatic carbocycles. The molecule has 0 radical (unpaired) electrons. The molecule has 0 unspecified atom stereocenters. The van der Waals surface area contributed by atoms with Crippen LogP contribution in [0.5, 0.6) is 0 Å². The summed E-state index contributed by atoms with van der Waals surface area (Å²) in [6.07, 6.45) is 1.85. The fourth-order valence-electron chi connectivity index (χ4n) is 2.48. The van der Waals surface area contributed by atoms with E-state index in [0.717, 1.165) is 25.0 Å². The first-order valence-electron chi connectivity index (χ1n) is 8.04. The third kappa shape index (κ3) is 4.21. The third-order valence-corrected chi connectivity index (χ3v) is 4.12. The minimum absolute atomic E-state index is 0.00276. The molecule has 2 aromatic rings. The van der Waals surface area contributed by atoms with Crippen LogP contribution in [0, 0.1) is 17.6 Å². The van der Waals surface area contributed by atoms with Gasteiger partial charge in [0.1, 0.15) is 11.6 Å². The molecule has 1 N–H and O–H groups in total. The van der Waals surface area contributed by atoms with Crippen molar-refractivity contribution in [3.63, 3.8) is 0 Å². The number of carbonyl (C=O) groups excluding carboxylic acids is 2. The van der Waals surface area contributed by atoms with E-state index >= 15 is 0 Å².